The van der Waals surface area contributed by atoms with E-state index in [1.54, 1.807) is 25.3 Å². The lowest BCUT2D eigenvalue weighted by atomic mass is 10.1. The van der Waals surface area contributed by atoms with Crippen LogP contribution in [0, 0.1) is 0 Å². The molecule has 1 amide bonds. The summed E-state index contributed by atoms with van der Waals surface area (Å²) in [6.07, 6.45) is 2.67. The van der Waals surface area contributed by atoms with Crippen molar-refractivity contribution in [3.8, 4) is 5.75 Å². The molecule has 0 radical (unpaired) electrons. The summed E-state index contributed by atoms with van der Waals surface area (Å²) in [4.78, 5) is 23.6. The molecule has 0 aliphatic rings. The van der Waals surface area contributed by atoms with Crippen LogP contribution in [0.5, 0.6) is 5.75 Å². The van der Waals surface area contributed by atoms with Gasteiger partial charge in [0, 0.05) is 24.6 Å². The molecular formula is C21H25NO4. The van der Waals surface area contributed by atoms with Gasteiger partial charge in [-0.05, 0) is 37.0 Å². The molecule has 5 nitrogen and oxygen atoms in total. The fourth-order valence-electron chi connectivity index (χ4n) is 2.50. The minimum atomic E-state index is -0.257. The van der Waals surface area contributed by atoms with Gasteiger partial charge in [-0.15, -0.1) is 0 Å². The van der Waals surface area contributed by atoms with Crippen molar-refractivity contribution in [1.29, 1.82) is 0 Å². The molecule has 2 rings (SSSR count). The van der Waals surface area contributed by atoms with Crippen LogP contribution in [0.25, 0.3) is 0 Å². The average molecular weight is 355 g/mol. The van der Waals surface area contributed by atoms with Gasteiger partial charge in [-0.25, -0.2) is 0 Å². The van der Waals surface area contributed by atoms with Gasteiger partial charge in [0.05, 0.1) is 13.7 Å². The molecule has 0 saturated carbocycles. The van der Waals surface area contributed by atoms with Gasteiger partial charge in [-0.2, -0.15) is 0 Å². The first kappa shape index (κ1) is 19.5. The number of carbonyl (C=O) groups is 2. The van der Waals surface area contributed by atoms with Gasteiger partial charge in [-0.1, -0.05) is 36.4 Å². The Morgan fingerprint density at radius 3 is 2.54 bits per heavy atom. The van der Waals surface area contributed by atoms with Gasteiger partial charge < -0.3 is 14.8 Å². The Morgan fingerprint density at radius 2 is 1.77 bits per heavy atom. The van der Waals surface area contributed by atoms with Crippen molar-refractivity contribution in [3.63, 3.8) is 0 Å². The first-order valence-corrected chi connectivity index (χ1v) is 8.81. The molecule has 5 heteroatoms. The van der Waals surface area contributed by atoms with Crippen molar-refractivity contribution < 1.29 is 19.1 Å². The summed E-state index contributed by atoms with van der Waals surface area (Å²) >= 11 is 0. The van der Waals surface area contributed by atoms with Gasteiger partial charge in [-0.3, -0.25) is 9.59 Å². The number of ether oxygens (including phenoxy) is 2. The first-order valence-electron chi connectivity index (χ1n) is 8.81. The number of methoxy groups -OCH3 is 1. The molecule has 0 fully saturated rings. The summed E-state index contributed by atoms with van der Waals surface area (Å²) in [7, 11) is 1.58. The van der Waals surface area contributed by atoms with E-state index in [0.717, 1.165) is 12.8 Å². The number of carbonyl (C=O) groups excluding carboxylic acids is 2. The molecule has 0 atom stereocenters. The van der Waals surface area contributed by atoms with Crippen LogP contribution in [0.15, 0.2) is 54.6 Å². The second-order valence-electron chi connectivity index (χ2n) is 5.94. The maximum atomic E-state index is 11.9. The molecule has 0 aliphatic heterocycles. The van der Waals surface area contributed by atoms with E-state index in [2.05, 4.69) is 17.4 Å². The van der Waals surface area contributed by atoms with Crippen molar-refractivity contribution in [1.82, 2.24) is 0 Å². The van der Waals surface area contributed by atoms with Crippen molar-refractivity contribution >= 4 is 17.6 Å². The SMILES string of the molecule is COc1cccc(NC(=O)CCCC(=O)OCCCc2ccccc2)c1. The summed E-state index contributed by atoms with van der Waals surface area (Å²) in [5.41, 5.74) is 1.91. The molecule has 0 unspecified atom stereocenters. The molecule has 2 aromatic carbocycles. The third-order valence-electron chi connectivity index (χ3n) is 3.85. The average Bonchev–Trinajstić information content (AvgIpc) is 2.66. The Balaban J connectivity index is 1.56. The second-order valence-corrected chi connectivity index (χ2v) is 5.94. The van der Waals surface area contributed by atoms with Crippen LogP contribution in [0.4, 0.5) is 5.69 Å². The predicted octanol–water partition coefficient (Wildman–Crippen LogP) is 3.98. The molecule has 0 heterocycles. The molecule has 0 saturated heterocycles. The normalized spacial score (nSPS) is 10.2. The van der Waals surface area contributed by atoms with Crippen LogP contribution < -0.4 is 10.1 Å². The van der Waals surface area contributed by atoms with E-state index >= 15 is 0 Å². The highest BCUT2D eigenvalue weighted by molar-refractivity contribution is 5.91. The van der Waals surface area contributed by atoms with Gasteiger partial charge in [0.2, 0.25) is 5.91 Å². The topological polar surface area (TPSA) is 64.6 Å². The zero-order valence-corrected chi connectivity index (χ0v) is 15.1. The summed E-state index contributed by atoms with van der Waals surface area (Å²) in [6.45, 7) is 0.406. The maximum Gasteiger partial charge on any atom is 0.305 e. The van der Waals surface area contributed by atoms with Crippen molar-refractivity contribution in [3.05, 3.63) is 60.2 Å². The van der Waals surface area contributed by atoms with E-state index in [0.29, 0.717) is 24.5 Å². The molecule has 0 spiro atoms. The molecule has 0 aliphatic carbocycles. The van der Waals surface area contributed by atoms with E-state index in [9.17, 15) is 9.59 Å². The quantitative estimate of drug-likeness (QED) is 0.517. The number of nitrogens with one attached hydrogen (secondary N) is 1. The zero-order chi connectivity index (χ0) is 18.6. The number of amides is 1. The van der Waals surface area contributed by atoms with Gasteiger partial charge in [0.15, 0.2) is 0 Å². The maximum absolute atomic E-state index is 11.9. The molecule has 26 heavy (non-hydrogen) atoms. The zero-order valence-electron chi connectivity index (χ0n) is 15.1. The largest absolute Gasteiger partial charge is 0.497 e. The molecule has 1 N–H and O–H groups in total. The van der Waals surface area contributed by atoms with Gasteiger partial charge in [0.1, 0.15) is 5.75 Å². The molecule has 0 aromatic heterocycles. The highest BCUT2D eigenvalue weighted by atomic mass is 16.5. The molecule has 138 valence electrons. The number of hydrogen-bond donors (Lipinski definition) is 1. The minimum Gasteiger partial charge on any atom is -0.497 e. The summed E-state index contributed by atoms with van der Waals surface area (Å²) in [6, 6.07) is 17.3. The van der Waals surface area contributed by atoms with E-state index in [-0.39, 0.29) is 24.7 Å². The second kappa shape index (κ2) is 10.9. The Kier molecular flexibility index (Phi) is 8.19. The Hall–Kier alpha value is -2.82. The molecular weight excluding hydrogens is 330 g/mol. The standard InChI is InChI=1S/C21H25NO4/c1-25-19-12-5-11-18(16-19)22-20(23)13-6-14-21(24)26-15-7-10-17-8-3-2-4-9-17/h2-5,8-9,11-12,16H,6-7,10,13-15H2,1H3,(H,22,23). The number of hydrogen-bond acceptors (Lipinski definition) is 4. The van der Waals surface area contributed by atoms with E-state index in [1.807, 2.05) is 24.3 Å². The first-order chi connectivity index (χ1) is 12.7. The lowest BCUT2D eigenvalue weighted by Crippen LogP contribution is -2.13. The van der Waals surface area contributed by atoms with Crippen LogP contribution >= 0.6 is 0 Å². The van der Waals surface area contributed by atoms with E-state index in [1.165, 1.54) is 5.56 Å². The minimum absolute atomic E-state index is 0.130. The third kappa shape index (κ3) is 7.38. The van der Waals surface area contributed by atoms with Crippen LogP contribution in [0.2, 0.25) is 0 Å². The number of benzene rings is 2. The van der Waals surface area contributed by atoms with E-state index in [4.69, 9.17) is 9.47 Å². The lowest BCUT2D eigenvalue weighted by Gasteiger charge is -2.07. The van der Waals surface area contributed by atoms with Crippen LogP contribution in [0.3, 0.4) is 0 Å². The number of anilines is 1. The van der Waals surface area contributed by atoms with Crippen molar-refractivity contribution in [2.75, 3.05) is 19.0 Å². The summed E-state index contributed by atoms with van der Waals surface area (Å²) in [5, 5.41) is 2.79. The van der Waals surface area contributed by atoms with Crippen LogP contribution in [0.1, 0.15) is 31.2 Å². The fourth-order valence-corrected chi connectivity index (χ4v) is 2.50. The molecule has 0 bridgehead atoms. The van der Waals surface area contributed by atoms with Crippen molar-refractivity contribution in [2.24, 2.45) is 0 Å². The van der Waals surface area contributed by atoms with Gasteiger partial charge >= 0.3 is 5.97 Å². The van der Waals surface area contributed by atoms with E-state index < -0.39 is 0 Å². The predicted molar refractivity (Wildman–Crippen MR) is 101 cm³/mol. The lowest BCUT2D eigenvalue weighted by molar-refractivity contribution is -0.143. The smallest absolute Gasteiger partial charge is 0.305 e. The Bertz CT molecular complexity index is 700. The summed E-state index contributed by atoms with van der Waals surface area (Å²) < 4.78 is 10.3. The van der Waals surface area contributed by atoms with Gasteiger partial charge in [0.25, 0.3) is 0 Å². The number of rotatable bonds is 10. The Morgan fingerprint density at radius 1 is 0.962 bits per heavy atom. The van der Waals surface area contributed by atoms with Crippen LogP contribution in [-0.4, -0.2) is 25.6 Å². The molecule has 2 aromatic rings. The highest BCUT2D eigenvalue weighted by Gasteiger charge is 2.07. The number of aryl methyl sites for hydroxylation is 1. The monoisotopic (exact) mass is 355 g/mol. The number of esters is 1. The van der Waals surface area contributed by atoms with Crippen LogP contribution in [-0.2, 0) is 20.7 Å². The highest BCUT2D eigenvalue weighted by Crippen LogP contribution is 2.17. The fraction of sp³-hybridized carbons (Fsp3) is 0.333. The Labute approximate surface area is 154 Å². The van der Waals surface area contributed by atoms with Crippen molar-refractivity contribution in [2.45, 2.75) is 32.1 Å². The third-order valence-corrected chi connectivity index (χ3v) is 3.85. The summed E-state index contributed by atoms with van der Waals surface area (Å²) in [5.74, 6) is 0.296.